The summed E-state index contributed by atoms with van der Waals surface area (Å²) in [7, 11) is 1.83. The summed E-state index contributed by atoms with van der Waals surface area (Å²) in [5.74, 6) is -0.745. The molecule has 7 nitrogen and oxygen atoms in total. The summed E-state index contributed by atoms with van der Waals surface area (Å²) in [5, 5.41) is 3.76. The van der Waals surface area contributed by atoms with E-state index in [9.17, 15) is 14.4 Å². The average molecular weight is 464 g/mol. The van der Waals surface area contributed by atoms with Gasteiger partial charge in [0.25, 0.3) is 5.56 Å². The van der Waals surface area contributed by atoms with Crippen LogP contribution in [0.2, 0.25) is 0 Å². The average Bonchev–Trinajstić information content (AvgIpc) is 3.46. The molecule has 8 heteroatoms. The minimum atomic E-state index is -0.444. The van der Waals surface area contributed by atoms with Gasteiger partial charge in [-0.25, -0.2) is 4.68 Å². The molecule has 0 aliphatic carbocycles. The molecule has 0 unspecified atom stereocenters. The van der Waals surface area contributed by atoms with Crippen LogP contribution in [-0.2, 0) is 23.0 Å². The van der Waals surface area contributed by atoms with E-state index < -0.39 is 5.97 Å². The molecule has 0 bridgehead atoms. The maximum Gasteiger partial charge on any atom is 0.310 e. The largest absolute Gasteiger partial charge is 0.457 e. The monoisotopic (exact) mass is 463 g/mol. The topological polar surface area (TPSA) is 75.2 Å². The molecular weight excluding hydrogens is 438 g/mol. The lowest BCUT2D eigenvalue weighted by molar-refractivity contribution is -0.141. The lowest BCUT2D eigenvalue weighted by atomic mass is 10.1. The van der Waals surface area contributed by atoms with Crippen molar-refractivity contribution < 1.29 is 14.3 Å². The number of aryl methyl sites for hydroxylation is 1. The zero-order chi connectivity index (χ0) is 23.7. The van der Waals surface area contributed by atoms with Crippen LogP contribution in [0.1, 0.15) is 33.0 Å². The standard InChI is InChI=1S/C25H25N3O4S/c1-16-12-21(22(29)14-32-23(30)13-19-10-11-33-15-19)17(2)27(16)24-18(3)26(4)28(25(24)31)20-8-6-5-7-9-20/h5-12,15H,13-14H2,1-4H3. The summed E-state index contributed by atoms with van der Waals surface area (Å²) in [6.45, 7) is 5.19. The van der Waals surface area contributed by atoms with Crippen molar-refractivity contribution in [2.75, 3.05) is 6.61 Å². The third-order valence-electron chi connectivity index (χ3n) is 5.77. The molecule has 1 aromatic carbocycles. The van der Waals surface area contributed by atoms with E-state index in [1.165, 1.54) is 11.3 Å². The Balaban J connectivity index is 1.63. The Kier molecular flexibility index (Phi) is 6.20. The van der Waals surface area contributed by atoms with E-state index in [0.717, 1.165) is 22.6 Å². The third kappa shape index (κ3) is 4.21. The molecule has 0 atom stereocenters. The normalized spacial score (nSPS) is 11.0. The van der Waals surface area contributed by atoms with Crippen LogP contribution in [0.4, 0.5) is 0 Å². The third-order valence-corrected chi connectivity index (χ3v) is 6.50. The van der Waals surface area contributed by atoms with Crippen LogP contribution < -0.4 is 5.56 Å². The number of nitrogens with zero attached hydrogens (tertiary/aromatic N) is 3. The molecule has 0 aliphatic rings. The number of thiophene rings is 1. The summed E-state index contributed by atoms with van der Waals surface area (Å²) in [6, 6.07) is 13.0. The predicted molar refractivity (Wildman–Crippen MR) is 128 cm³/mol. The molecule has 0 saturated heterocycles. The lowest BCUT2D eigenvalue weighted by Crippen LogP contribution is -2.22. The van der Waals surface area contributed by atoms with E-state index in [2.05, 4.69) is 0 Å². The molecule has 0 amide bonds. The highest BCUT2D eigenvalue weighted by Crippen LogP contribution is 2.23. The van der Waals surface area contributed by atoms with Gasteiger partial charge in [0.2, 0.25) is 5.78 Å². The van der Waals surface area contributed by atoms with Crippen LogP contribution in [0.3, 0.4) is 0 Å². The van der Waals surface area contributed by atoms with Gasteiger partial charge < -0.3 is 9.30 Å². The second-order valence-corrected chi connectivity index (χ2v) is 8.70. The number of rotatable bonds is 7. The molecule has 0 radical (unpaired) electrons. The van der Waals surface area contributed by atoms with Crippen LogP contribution in [0.15, 0.2) is 58.0 Å². The van der Waals surface area contributed by atoms with Crippen molar-refractivity contribution in [1.29, 1.82) is 0 Å². The highest BCUT2D eigenvalue weighted by Gasteiger charge is 2.24. The summed E-state index contributed by atoms with van der Waals surface area (Å²) in [5.41, 5.74) is 4.54. The fourth-order valence-corrected chi connectivity index (χ4v) is 4.70. The molecule has 4 aromatic rings. The molecule has 3 aromatic heterocycles. The zero-order valence-corrected chi connectivity index (χ0v) is 19.8. The molecule has 3 heterocycles. The van der Waals surface area contributed by atoms with Gasteiger partial charge in [0.05, 0.1) is 17.8 Å². The Hall–Kier alpha value is -3.65. The highest BCUT2D eigenvalue weighted by atomic mass is 32.1. The minimum Gasteiger partial charge on any atom is -0.457 e. The van der Waals surface area contributed by atoms with Gasteiger partial charge in [0, 0.05) is 24.0 Å². The van der Waals surface area contributed by atoms with Gasteiger partial charge in [-0.3, -0.25) is 19.1 Å². The summed E-state index contributed by atoms with van der Waals surface area (Å²) in [4.78, 5) is 38.4. The Morgan fingerprint density at radius 1 is 1.03 bits per heavy atom. The van der Waals surface area contributed by atoms with E-state index in [4.69, 9.17) is 4.74 Å². The van der Waals surface area contributed by atoms with Crippen molar-refractivity contribution in [3.8, 4) is 11.4 Å². The highest BCUT2D eigenvalue weighted by molar-refractivity contribution is 7.08. The molecule has 4 rings (SSSR count). The second-order valence-electron chi connectivity index (χ2n) is 7.92. The molecule has 170 valence electrons. The first kappa shape index (κ1) is 22.5. The first-order valence-electron chi connectivity index (χ1n) is 10.5. The lowest BCUT2D eigenvalue weighted by Gasteiger charge is -2.09. The Morgan fingerprint density at radius 2 is 1.76 bits per heavy atom. The van der Waals surface area contributed by atoms with Crippen LogP contribution in [0.25, 0.3) is 11.4 Å². The molecule has 0 spiro atoms. The van der Waals surface area contributed by atoms with Crippen molar-refractivity contribution in [2.45, 2.75) is 27.2 Å². The van der Waals surface area contributed by atoms with E-state index >= 15 is 0 Å². The number of hydrogen-bond acceptors (Lipinski definition) is 5. The second kappa shape index (κ2) is 9.07. The van der Waals surface area contributed by atoms with E-state index in [0.29, 0.717) is 16.9 Å². The van der Waals surface area contributed by atoms with Crippen molar-refractivity contribution in [1.82, 2.24) is 13.9 Å². The SMILES string of the molecule is Cc1cc(C(=O)COC(=O)Cc2ccsc2)c(C)n1-c1c(C)n(C)n(-c2ccccc2)c1=O. The molecule has 33 heavy (non-hydrogen) atoms. The maximum absolute atomic E-state index is 13.4. The van der Waals surface area contributed by atoms with E-state index in [1.54, 1.807) is 26.9 Å². The first-order chi connectivity index (χ1) is 15.8. The molecule has 0 saturated carbocycles. The van der Waals surface area contributed by atoms with Gasteiger partial charge in [-0.05, 0) is 61.4 Å². The summed E-state index contributed by atoms with van der Waals surface area (Å²) < 4.78 is 10.4. The van der Waals surface area contributed by atoms with E-state index in [-0.39, 0.29) is 24.4 Å². The fraction of sp³-hybridized carbons (Fsp3) is 0.240. The number of benzene rings is 1. The minimum absolute atomic E-state index is 0.137. The quantitative estimate of drug-likeness (QED) is 0.308. The van der Waals surface area contributed by atoms with Crippen LogP contribution >= 0.6 is 11.3 Å². The number of ketones is 1. The summed E-state index contributed by atoms with van der Waals surface area (Å²) in [6.07, 6.45) is 0.137. The van der Waals surface area contributed by atoms with Crippen LogP contribution in [0.5, 0.6) is 0 Å². The number of carbonyl (C=O) groups is 2. The molecule has 0 aliphatic heterocycles. The smallest absolute Gasteiger partial charge is 0.310 e. The maximum atomic E-state index is 13.4. The van der Waals surface area contributed by atoms with Gasteiger partial charge in [0.15, 0.2) is 6.61 Å². The van der Waals surface area contributed by atoms with Gasteiger partial charge in [0.1, 0.15) is 5.69 Å². The predicted octanol–water partition coefficient (Wildman–Crippen LogP) is 3.92. The molecule has 0 fully saturated rings. The van der Waals surface area contributed by atoms with Crippen molar-refractivity contribution in [3.05, 3.63) is 91.8 Å². The van der Waals surface area contributed by atoms with Crippen molar-refractivity contribution >= 4 is 23.1 Å². The van der Waals surface area contributed by atoms with Crippen molar-refractivity contribution in [2.24, 2.45) is 7.05 Å². The van der Waals surface area contributed by atoms with E-state index in [1.807, 2.05) is 68.1 Å². The Bertz CT molecular complexity index is 1380. The van der Waals surface area contributed by atoms with Gasteiger partial charge in [-0.15, -0.1) is 0 Å². The Morgan fingerprint density at radius 3 is 2.42 bits per heavy atom. The molecule has 0 N–H and O–H groups in total. The Labute approximate surface area is 195 Å². The van der Waals surface area contributed by atoms with Crippen LogP contribution in [-0.4, -0.2) is 32.3 Å². The number of ether oxygens (including phenoxy) is 1. The zero-order valence-electron chi connectivity index (χ0n) is 19.0. The first-order valence-corrected chi connectivity index (χ1v) is 11.5. The van der Waals surface area contributed by atoms with Crippen LogP contribution in [0, 0.1) is 20.8 Å². The van der Waals surface area contributed by atoms with Gasteiger partial charge in [-0.2, -0.15) is 11.3 Å². The number of para-hydroxylation sites is 1. The summed E-state index contributed by atoms with van der Waals surface area (Å²) >= 11 is 1.50. The number of hydrogen-bond donors (Lipinski definition) is 0. The van der Waals surface area contributed by atoms with Gasteiger partial charge >= 0.3 is 5.97 Å². The fourth-order valence-electron chi connectivity index (χ4n) is 4.04. The number of esters is 1. The number of carbonyl (C=O) groups excluding carboxylic acids is 2. The van der Waals surface area contributed by atoms with Crippen molar-refractivity contribution in [3.63, 3.8) is 0 Å². The molecular formula is C25H25N3O4S. The number of aromatic nitrogens is 3. The van der Waals surface area contributed by atoms with Gasteiger partial charge in [-0.1, -0.05) is 18.2 Å². The number of Topliss-reactive ketones (excluding diaryl/α,β-unsaturated/α-hetero) is 1.